The van der Waals surface area contributed by atoms with E-state index in [-0.39, 0.29) is 5.97 Å². The second-order valence-electron chi connectivity index (χ2n) is 5.45. The smallest absolute Gasteiger partial charge is 0.340 e. The molecule has 1 aromatic heterocycles. The average Bonchev–Trinajstić information content (AvgIpc) is 3.01. The lowest BCUT2D eigenvalue weighted by Gasteiger charge is -2.08. The Morgan fingerprint density at radius 2 is 1.79 bits per heavy atom. The first-order valence-corrected chi connectivity index (χ1v) is 8.24. The Bertz CT molecular complexity index is 823. The van der Waals surface area contributed by atoms with Crippen molar-refractivity contribution in [3.05, 3.63) is 82.5 Å². The largest absolute Gasteiger partial charge is 0.462 e. The fourth-order valence-corrected chi connectivity index (χ4v) is 2.82. The zero-order valence-corrected chi connectivity index (χ0v) is 14.1. The van der Waals surface area contributed by atoms with Crippen molar-refractivity contribution in [3.8, 4) is 11.3 Å². The van der Waals surface area contributed by atoms with Crippen molar-refractivity contribution in [1.82, 2.24) is 4.98 Å². The van der Waals surface area contributed by atoms with E-state index in [1.165, 1.54) is 0 Å². The number of hydrogen-bond acceptors (Lipinski definition) is 2. The van der Waals surface area contributed by atoms with Crippen LogP contribution in [0.2, 0.25) is 5.02 Å². The van der Waals surface area contributed by atoms with E-state index in [4.69, 9.17) is 16.3 Å². The van der Waals surface area contributed by atoms with Crippen LogP contribution in [-0.4, -0.2) is 17.6 Å². The van der Waals surface area contributed by atoms with Gasteiger partial charge in [0, 0.05) is 11.2 Å². The number of halogens is 1. The first-order chi connectivity index (χ1) is 11.7. The summed E-state index contributed by atoms with van der Waals surface area (Å²) >= 11 is 5.94. The minimum atomic E-state index is -0.304. The normalized spacial score (nSPS) is 10.6. The van der Waals surface area contributed by atoms with Gasteiger partial charge < -0.3 is 9.72 Å². The van der Waals surface area contributed by atoms with E-state index >= 15 is 0 Å². The van der Waals surface area contributed by atoms with Crippen molar-refractivity contribution in [2.24, 2.45) is 0 Å². The van der Waals surface area contributed by atoms with Crippen LogP contribution in [0.3, 0.4) is 0 Å². The van der Waals surface area contributed by atoms with Crippen LogP contribution in [0, 0.1) is 0 Å². The molecule has 0 amide bonds. The molecule has 0 fully saturated rings. The first-order valence-electron chi connectivity index (χ1n) is 7.86. The number of ether oxygens (including phenoxy) is 1. The van der Waals surface area contributed by atoms with Crippen molar-refractivity contribution >= 4 is 17.6 Å². The Morgan fingerprint density at radius 3 is 2.46 bits per heavy atom. The fraction of sp³-hybridized carbons (Fsp3) is 0.150. The molecular formula is C20H18ClNO2. The van der Waals surface area contributed by atoms with E-state index in [1.54, 1.807) is 0 Å². The minimum absolute atomic E-state index is 0.304. The predicted octanol–water partition coefficient (Wildman–Crippen LogP) is 5.10. The zero-order valence-electron chi connectivity index (χ0n) is 13.4. The molecule has 3 rings (SSSR count). The monoisotopic (exact) mass is 339 g/mol. The van der Waals surface area contributed by atoms with Gasteiger partial charge in [0.2, 0.25) is 0 Å². The van der Waals surface area contributed by atoms with Crippen molar-refractivity contribution in [3.63, 3.8) is 0 Å². The van der Waals surface area contributed by atoms with Gasteiger partial charge in [-0.2, -0.15) is 0 Å². The average molecular weight is 340 g/mol. The number of benzene rings is 2. The highest BCUT2D eigenvalue weighted by atomic mass is 35.5. The number of nitrogens with one attached hydrogen (secondary N) is 1. The van der Waals surface area contributed by atoms with E-state index in [1.807, 2.05) is 67.7 Å². The van der Waals surface area contributed by atoms with E-state index in [0.29, 0.717) is 23.6 Å². The molecule has 0 aliphatic heterocycles. The van der Waals surface area contributed by atoms with Gasteiger partial charge in [-0.05, 0) is 42.2 Å². The lowest BCUT2D eigenvalue weighted by molar-refractivity contribution is 0.0526. The van der Waals surface area contributed by atoms with Crippen LogP contribution in [0.4, 0.5) is 0 Å². The third-order valence-corrected chi connectivity index (χ3v) is 4.06. The highest BCUT2D eigenvalue weighted by Crippen LogP contribution is 2.28. The van der Waals surface area contributed by atoms with Gasteiger partial charge in [-0.3, -0.25) is 0 Å². The van der Waals surface area contributed by atoms with Gasteiger partial charge in [-0.15, -0.1) is 0 Å². The first kappa shape index (κ1) is 16.3. The number of hydrogen-bond donors (Lipinski definition) is 1. The second kappa shape index (κ2) is 7.37. The number of aromatic amines is 1. The summed E-state index contributed by atoms with van der Waals surface area (Å²) in [4.78, 5) is 15.7. The summed E-state index contributed by atoms with van der Waals surface area (Å²) in [5.74, 6) is -0.304. The molecule has 0 atom stereocenters. The molecule has 3 nitrogen and oxygen atoms in total. The molecule has 3 aromatic rings. The van der Waals surface area contributed by atoms with Crippen LogP contribution in [0.5, 0.6) is 0 Å². The highest BCUT2D eigenvalue weighted by Gasteiger charge is 2.21. The van der Waals surface area contributed by atoms with Gasteiger partial charge in [0.1, 0.15) is 0 Å². The van der Waals surface area contributed by atoms with Crippen LogP contribution >= 0.6 is 11.6 Å². The van der Waals surface area contributed by atoms with E-state index < -0.39 is 0 Å². The number of aromatic nitrogens is 1. The molecule has 0 saturated carbocycles. The van der Waals surface area contributed by atoms with Crippen LogP contribution in [-0.2, 0) is 11.2 Å². The van der Waals surface area contributed by atoms with Crippen molar-refractivity contribution < 1.29 is 9.53 Å². The lowest BCUT2D eigenvalue weighted by atomic mass is 10.00. The standard InChI is InChI=1S/C20H18ClNO2/c1-2-24-20(23)18-16(12-14-8-10-17(21)11-9-14)13-22-19(18)15-6-4-3-5-7-15/h3-11,13,22H,2,12H2,1H3. The third kappa shape index (κ3) is 3.52. The Kier molecular flexibility index (Phi) is 5.02. The summed E-state index contributed by atoms with van der Waals surface area (Å²) in [5, 5.41) is 0.698. The summed E-state index contributed by atoms with van der Waals surface area (Å²) in [7, 11) is 0. The van der Waals surface area contributed by atoms with Crippen LogP contribution in [0.25, 0.3) is 11.3 Å². The summed E-state index contributed by atoms with van der Waals surface area (Å²) in [6.45, 7) is 2.16. The highest BCUT2D eigenvalue weighted by molar-refractivity contribution is 6.30. The van der Waals surface area contributed by atoms with Gasteiger partial charge in [0.05, 0.1) is 17.9 Å². The number of carbonyl (C=O) groups excluding carboxylic acids is 1. The number of rotatable bonds is 5. The Hall–Kier alpha value is -2.52. The van der Waals surface area contributed by atoms with Gasteiger partial charge >= 0.3 is 5.97 Å². The number of esters is 1. The van der Waals surface area contributed by atoms with Crippen molar-refractivity contribution in [2.45, 2.75) is 13.3 Å². The van der Waals surface area contributed by atoms with Gasteiger partial charge in [0.15, 0.2) is 0 Å². The number of H-pyrrole nitrogens is 1. The molecule has 1 heterocycles. The molecular weight excluding hydrogens is 322 g/mol. The van der Waals surface area contributed by atoms with Crippen LogP contribution < -0.4 is 0 Å². The quantitative estimate of drug-likeness (QED) is 0.657. The maximum atomic E-state index is 12.5. The minimum Gasteiger partial charge on any atom is -0.462 e. The molecule has 0 bridgehead atoms. The Morgan fingerprint density at radius 1 is 1.08 bits per heavy atom. The molecule has 122 valence electrons. The second-order valence-corrected chi connectivity index (χ2v) is 5.89. The molecule has 2 aromatic carbocycles. The van der Waals surface area contributed by atoms with Gasteiger partial charge in [0.25, 0.3) is 0 Å². The molecule has 24 heavy (non-hydrogen) atoms. The lowest BCUT2D eigenvalue weighted by Crippen LogP contribution is -2.08. The maximum Gasteiger partial charge on any atom is 0.340 e. The van der Waals surface area contributed by atoms with Crippen LogP contribution in [0.15, 0.2) is 60.8 Å². The van der Waals surface area contributed by atoms with Gasteiger partial charge in [-0.1, -0.05) is 54.1 Å². The fourth-order valence-electron chi connectivity index (χ4n) is 2.69. The molecule has 0 aliphatic rings. The molecule has 0 aliphatic carbocycles. The maximum absolute atomic E-state index is 12.5. The summed E-state index contributed by atoms with van der Waals surface area (Å²) in [6.07, 6.45) is 2.51. The third-order valence-electron chi connectivity index (χ3n) is 3.81. The van der Waals surface area contributed by atoms with Crippen molar-refractivity contribution in [2.75, 3.05) is 6.61 Å². The Labute approximate surface area is 146 Å². The zero-order chi connectivity index (χ0) is 16.9. The summed E-state index contributed by atoms with van der Waals surface area (Å²) < 4.78 is 5.27. The summed E-state index contributed by atoms with van der Waals surface area (Å²) in [6, 6.07) is 17.4. The molecule has 0 unspecified atom stereocenters. The van der Waals surface area contributed by atoms with Crippen molar-refractivity contribution in [1.29, 1.82) is 0 Å². The van der Waals surface area contributed by atoms with E-state index in [2.05, 4.69) is 4.98 Å². The molecule has 0 radical (unpaired) electrons. The van der Waals surface area contributed by atoms with Crippen LogP contribution in [0.1, 0.15) is 28.4 Å². The molecule has 0 spiro atoms. The van der Waals surface area contributed by atoms with E-state index in [0.717, 1.165) is 22.4 Å². The molecule has 1 N–H and O–H groups in total. The Balaban J connectivity index is 2.01. The van der Waals surface area contributed by atoms with Gasteiger partial charge in [-0.25, -0.2) is 4.79 Å². The predicted molar refractivity (Wildman–Crippen MR) is 96.4 cm³/mol. The number of carbonyl (C=O) groups is 1. The SMILES string of the molecule is CCOC(=O)c1c(Cc2ccc(Cl)cc2)c[nH]c1-c1ccccc1. The summed E-state index contributed by atoms with van der Waals surface area (Å²) in [5.41, 5.74) is 4.34. The molecule has 4 heteroatoms. The topological polar surface area (TPSA) is 42.1 Å². The van der Waals surface area contributed by atoms with E-state index in [9.17, 15) is 4.79 Å². The molecule has 0 saturated heterocycles.